The molecule has 3 N–H and O–H groups in total. The number of urea groups is 1. The third-order valence-electron chi connectivity index (χ3n) is 4.51. The highest BCUT2D eigenvalue weighted by Crippen LogP contribution is 2.41. The number of benzene rings is 2. The number of para-hydroxylation sites is 1. The summed E-state index contributed by atoms with van der Waals surface area (Å²) in [4.78, 5) is 23.6. The van der Waals surface area contributed by atoms with Crippen molar-refractivity contribution in [1.82, 2.24) is 16.0 Å². The van der Waals surface area contributed by atoms with Crippen LogP contribution < -0.4 is 25.4 Å². The minimum absolute atomic E-state index is 0.159. The second-order valence-corrected chi connectivity index (χ2v) is 7.64. The molecule has 160 valence electrons. The number of halogens is 1. The average Bonchev–Trinajstić information content (AvgIpc) is 3.03. The van der Waals surface area contributed by atoms with Crippen molar-refractivity contribution in [2.75, 3.05) is 19.7 Å². The van der Waals surface area contributed by atoms with Crippen LogP contribution in [0, 0.1) is 5.82 Å². The Morgan fingerprint density at radius 3 is 2.63 bits per heavy atom. The van der Waals surface area contributed by atoms with Gasteiger partial charge in [0.25, 0.3) is 0 Å². The Morgan fingerprint density at radius 1 is 1.10 bits per heavy atom. The predicted molar refractivity (Wildman–Crippen MR) is 110 cm³/mol. The van der Waals surface area contributed by atoms with Crippen molar-refractivity contribution in [3.05, 3.63) is 59.4 Å². The summed E-state index contributed by atoms with van der Waals surface area (Å²) < 4.78 is 24.5. The quantitative estimate of drug-likeness (QED) is 0.578. The van der Waals surface area contributed by atoms with Crippen LogP contribution in [0.1, 0.15) is 25.0 Å². The second kappa shape index (κ2) is 9.47. The van der Waals surface area contributed by atoms with Crippen molar-refractivity contribution < 1.29 is 23.5 Å². The fourth-order valence-electron chi connectivity index (χ4n) is 3.12. The highest BCUT2D eigenvalue weighted by atomic mass is 19.1. The van der Waals surface area contributed by atoms with Crippen LogP contribution >= 0.6 is 0 Å². The lowest BCUT2D eigenvalue weighted by atomic mass is 10.0. The first-order valence-corrected chi connectivity index (χ1v) is 9.79. The van der Waals surface area contributed by atoms with E-state index in [0.29, 0.717) is 12.3 Å². The van der Waals surface area contributed by atoms with Crippen molar-refractivity contribution in [2.24, 2.45) is 0 Å². The molecule has 0 unspecified atom stereocenters. The molecule has 0 radical (unpaired) electrons. The van der Waals surface area contributed by atoms with Gasteiger partial charge in [-0.2, -0.15) is 0 Å². The van der Waals surface area contributed by atoms with Gasteiger partial charge in [0.1, 0.15) is 18.0 Å². The lowest BCUT2D eigenvalue weighted by Gasteiger charge is -2.18. The van der Waals surface area contributed by atoms with Crippen molar-refractivity contribution >= 4 is 11.9 Å². The zero-order chi connectivity index (χ0) is 21.6. The fraction of sp³-hybridized carbons (Fsp3) is 0.364. The zero-order valence-corrected chi connectivity index (χ0v) is 17.1. The molecule has 30 heavy (non-hydrogen) atoms. The van der Waals surface area contributed by atoms with Crippen LogP contribution in [0.2, 0.25) is 0 Å². The van der Waals surface area contributed by atoms with Crippen LogP contribution in [0.3, 0.4) is 0 Å². The number of fused-ring (bicyclic) bond motifs is 1. The van der Waals surface area contributed by atoms with Gasteiger partial charge < -0.3 is 25.4 Å². The molecule has 0 aliphatic carbocycles. The molecule has 0 fully saturated rings. The Hall–Kier alpha value is -3.29. The first kappa shape index (κ1) is 21.4. The highest BCUT2D eigenvalue weighted by molar-refractivity contribution is 5.83. The van der Waals surface area contributed by atoms with Crippen molar-refractivity contribution in [3.8, 4) is 11.5 Å². The molecule has 2 aromatic rings. The number of amides is 3. The molecule has 0 bridgehead atoms. The fourth-order valence-corrected chi connectivity index (χ4v) is 3.12. The van der Waals surface area contributed by atoms with Crippen LogP contribution in [0.25, 0.3) is 0 Å². The smallest absolute Gasteiger partial charge is 0.315 e. The number of rotatable bonds is 8. The van der Waals surface area contributed by atoms with Crippen LogP contribution in [0.5, 0.6) is 11.5 Å². The van der Waals surface area contributed by atoms with Crippen molar-refractivity contribution in [2.45, 2.75) is 32.4 Å². The van der Waals surface area contributed by atoms with E-state index in [1.165, 1.54) is 12.1 Å². The monoisotopic (exact) mass is 415 g/mol. The van der Waals surface area contributed by atoms with Gasteiger partial charge in [0.05, 0.1) is 13.1 Å². The molecule has 0 aromatic heterocycles. The molecule has 1 heterocycles. The molecule has 0 saturated heterocycles. The largest absolute Gasteiger partial charge is 0.488 e. The van der Waals surface area contributed by atoms with Gasteiger partial charge in [-0.05, 0) is 37.6 Å². The highest BCUT2D eigenvalue weighted by Gasteiger charge is 2.32. The molecular formula is C22H26FN3O4. The maximum atomic E-state index is 12.8. The molecule has 3 rings (SSSR count). The van der Waals surface area contributed by atoms with Crippen LogP contribution in [0.15, 0.2) is 42.5 Å². The van der Waals surface area contributed by atoms with Crippen LogP contribution in [-0.4, -0.2) is 37.2 Å². The van der Waals surface area contributed by atoms with E-state index in [1.807, 2.05) is 32.0 Å². The molecule has 7 nitrogen and oxygen atoms in total. The summed E-state index contributed by atoms with van der Waals surface area (Å²) in [5, 5.41) is 7.75. The van der Waals surface area contributed by atoms with Gasteiger partial charge in [-0.3, -0.25) is 4.79 Å². The van der Waals surface area contributed by atoms with Gasteiger partial charge >= 0.3 is 6.03 Å². The van der Waals surface area contributed by atoms with Crippen LogP contribution in [0.4, 0.5) is 9.18 Å². The van der Waals surface area contributed by atoms with E-state index in [1.54, 1.807) is 12.1 Å². The summed E-state index contributed by atoms with van der Waals surface area (Å²) in [7, 11) is 0. The molecule has 2 aromatic carbocycles. The van der Waals surface area contributed by atoms with Gasteiger partial charge in [-0.25, -0.2) is 9.18 Å². The molecule has 0 spiro atoms. The van der Waals surface area contributed by atoms with Gasteiger partial charge in [0, 0.05) is 18.5 Å². The van der Waals surface area contributed by atoms with Gasteiger partial charge in [-0.15, -0.1) is 0 Å². The second-order valence-electron chi connectivity index (χ2n) is 7.64. The maximum absolute atomic E-state index is 12.8. The number of hydrogen-bond acceptors (Lipinski definition) is 4. The minimum atomic E-state index is -0.481. The lowest BCUT2D eigenvalue weighted by molar-refractivity contribution is -0.120. The Bertz CT molecular complexity index is 900. The molecule has 0 atom stereocenters. The predicted octanol–water partition coefficient (Wildman–Crippen LogP) is 2.53. The molecule has 8 heteroatoms. The Kier molecular flexibility index (Phi) is 6.76. The van der Waals surface area contributed by atoms with E-state index in [4.69, 9.17) is 9.47 Å². The standard InChI is InChI=1S/C22H26FN3O4/c1-22(2)12-16-4-3-5-18(20(16)30-22)29-11-10-24-19(27)14-26-21(28)25-13-15-6-8-17(23)9-7-15/h3-9H,10-14H2,1-2H3,(H,24,27)(H2,25,26,28). The lowest BCUT2D eigenvalue weighted by Crippen LogP contribution is -2.42. The Labute approximate surface area is 174 Å². The number of carbonyl (C=O) groups is 2. The summed E-state index contributed by atoms with van der Waals surface area (Å²) in [6.07, 6.45) is 0.825. The molecule has 1 aliphatic heterocycles. The molecular weight excluding hydrogens is 389 g/mol. The van der Waals surface area contributed by atoms with Crippen LogP contribution in [-0.2, 0) is 17.8 Å². The average molecular weight is 415 g/mol. The van der Waals surface area contributed by atoms with E-state index < -0.39 is 6.03 Å². The van der Waals surface area contributed by atoms with E-state index >= 15 is 0 Å². The Morgan fingerprint density at radius 2 is 1.87 bits per heavy atom. The number of carbonyl (C=O) groups excluding carboxylic acids is 2. The SMILES string of the molecule is CC1(C)Cc2cccc(OCCNC(=O)CNC(=O)NCc3ccc(F)cc3)c2O1. The van der Waals surface area contributed by atoms with E-state index in [0.717, 1.165) is 23.3 Å². The number of ether oxygens (including phenoxy) is 2. The normalized spacial score (nSPS) is 13.7. The van der Waals surface area contributed by atoms with Crippen molar-refractivity contribution in [1.29, 1.82) is 0 Å². The van der Waals surface area contributed by atoms with E-state index in [2.05, 4.69) is 16.0 Å². The van der Waals surface area contributed by atoms with E-state index in [-0.39, 0.29) is 37.0 Å². The first-order chi connectivity index (χ1) is 14.3. The molecule has 0 saturated carbocycles. The summed E-state index contributed by atoms with van der Waals surface area (Å²) >= 11 is 0. The minimum Gasteiger partial charge on any atom is -0.488 e. The van der Waals surface area contributed by atoms with E-state index in [9.17, 15) is 14.0 Å². The zero-order valence-electron chi connectivity index (χ0n) is 17.1. The topological polar surface area (TPSA) is 88.7 Å². The summed E-state index contributed by atoms with van der Waals surface area (Å²) in [5.74, 6) is 0.752. The summed E-state index contributed by atoms with van der Waals surface area (Å²) in [6, 6.07) is 11.1. The Balaban J connectivity index is 1.32. The van der Waals surface area contributed by atoms with Gasteiger partial charge in [0.2, 0.25) is 5.91 Å². The summed E-state index contributed by atoms with van der Waals surface area (Å²) in [5.41, 5.74) is 1.61. The number of nitrogens with one attached hydrogen (secondary N) is 3. The van der Waals surface area contributed by atoms with Crippen molar-refractivity contribution in [3.63, 3.8) is 0 Å². The first-order valence-electron chi connectivity index (χ1n) is 9.79. The summed E-state index contributed by atoms with van der Waals surface area (Å²) in [6.45, 7) is 4.71. The van der Waals surface area contributed by atoms with Gasteiger partial charge in [-0.1, -0.05) is 24.3 Å². The third-order valence-corrected chi connectivity index (χ3v) is 4.51. The van der Waals surface area contributed by atoms with Gasteiger partial charge in [0.15, 0.2) is 11.5 Å². The molecule has 1 aliphatic rings. The third kappa shape index (κ3) is 6.10. The molecule has 3 amide bonds. The number of hydrogen-bond donors (Lipinski definition) is 3. The maximum Gasteiger partial charge on any atom is 0.315 e.